The molecule has 5 nitrogen and oxygen atoms in total. The number of hydrogen-bond donors (Lipinski definition) is 0. The average Bonchev–Trinajstić information content (AvgIpc) is 3.08. The third kappa shape index (κ3) is 1.86. The van der Waals surface area contributed by atoms with Gasteiger partial charge in [0.05, 0.1) is 12.0 Å². The van der Waals surface area contributed by atoms with Gasteiger partial charge in [-0.05, 0) is 37.5 Å². The number of aryl methyl sites for hydroxylation is 1. The van der Waals surface area contributed by atoms with E-state index in [1.165, 1.54) is 0 Å². The summed E-state index contributed by atoms with van der Waals surface area (Å²) in [4.78, 5) is 14.8. The van der Waals surface area contributed by atoms with Crippen LogP contribution in [0, 0.1) is 23.7 Å². The van der Waals surface area contributed by atoms with Gasteiger partial charge >= 0.3 is 0 Å². The molecule has 2 fully saturated rings. The summed E-state index contributed by atoms with van der Waals surface area (Å²) in [6.07, 6.45) is 2.99. The number of aromatic nitrogens is 2. The standard InChI is InChI=1S/C16H23N3O2/c1-10-13(18-21-17-10)9-19(5)14(20)16-7-6-12(8-16)15(3,4)11(16)2/h12H,2,6-9H2,1,3-5H3/t12-,16-/m1/s1. The maximum Gasteiger partial charge on any atom is 0.233 e. The lowest BCUT2D eigenvalue weighted by molar-refractivity contribution is -0.139. The summed E-state index contributed by atoms with van der Waals surface area (Å²) in [5.41, 5.74) is 2.27. The van der Waals surface area contributed by atoms with Crippen LogP contribution in [0.4, 0.5) is 0 Å². The molecule has 0 aromatic carbocycles. The number of rotatable bonds is 3. The van der Waals surface area contributed by atoms with E-state index in [4.69, 9.17) is 4.63 Å². The van der Waals surface area contributed by atoms with Crippen molar-refractivity contribution < 1.29 is 9.42 Å². The van der Waals surface area contributed by atoms with Crippen molar-refractivity contribution in [3.05, 3.63) is 23.5 Å². The zero-order valence-corrected chi connectivity index (χ0v) is 13.3. The molecule has 1 aromatic heterocycles. The average molecular weight is 289 g/mol. The van der Waals surface area contributed by atoms with Crippen LogP contribution < -0.4 is 0 Å². The summed E-state index contributed by atoms with van der Waals surface area (Å²) in [5, 5.41) is 7.64. The summed E-state index contributed by atoms with van der Waals surface area (Å²) in [6.45, 7) is 11.0. The van der Waals surface area contributed by atoms with Gasteiger partial charge in [0.2, 0.25) is 5.91 Å². The van der Waals surface area contributed by atoms with Crippen molar-refractivity contribution in [2.75, 3.05) is 7.05 Å². The first kappa shape index (κ1) is 14.3. The minimum atomic E-state index is -0.367. The van der Waals surface area contributed by atoms with Gasteiger partial charge < -0.3 is 4.90 Å². The van der Waals surface area contributed by atoms with Crippen LogP contribution in [-0.4, -0.2) is 28.2 Å². The molecule has 2 aliphatic rings. The third-order valence-corrected chi connectivity index (χ3v) is 5.78. The van der Waals surface area contributed by atoms with E-state index in [1.54, 1.807) is 4.90 Å². The highest BCUT2D eigenvalue weighted by Gasteiger charge is 2.61. The maximum atomic E-state index is 13.0. The van der Waals surface area contributed by atoms with E-state index in [-0.39, 0.29) is 16.7 Å². The van der Waals surface area contributed by atoms with Crippen LogP contribution >= 0.6 is 0 Å². The van der Waals surface area contributed by atoms with Crippen LogP contribution in [0.15, 0.2) is 16.8 Å². The van der Waals surface area contributed by atoms with E-state index >= 15 is 0 Å². The normalized spacial score (nSPS) is 29.9. The predicted octanol–water partition coefficient (Wildman–Crippen LogP) is 2.72. The smallest absolute Gasteiger partial charge is 0.233 e. The summed E-state index contributed by atoms with van der Waals surface area (Å²) >= 11 is 0. The lowest BCUT2D eigenvalue weighted by Crippen LogP contribution is -2.42. The number of hydrogen-bond acceptors (Lipinski definition) is 4. The first-order valence-corrected chi connectivity index (χ1v) is 7.52. The molecule has 0 saturated heterocycles. The fraction of sp³-hybridized carbons (Fsp3) is 0.688. The molecular weight excluding hydrogens is 266 g/mol. The largest absolute Gasteiger partial charge is 0.339 e. The van der Waals surface area contributed by atoms with Gasteiger partial charge in [0.25, 0.3) is 0 Å². The molecule has 2 atom stereocenters. The van der Waals surface area contributed by atoms with Gasteiger partial charge in [0.1, 0.15) is 11.4 Å². The molecule has 21 heavy (non-hydrogen) atoms. The summed E-state index contributed by atoms with van der Waals surface area (Å²) in [7, 11) is 1.83. The molecule has 2 bridgehead atoms. The zero-order chi connectivity index (χ0) is 15.4. The number of amides is 1. The first-order chi connectivity index (χ1) is 9.79. The van der Waals surface area contributed by atoms with Crippen LogP contribution in [0.5, 0.6) is 0 Å². The molecule has 1 heterocycles. The maximum absolute atomic E-state index is 13.0. The zero-order valence-electron chi connectivity index (χ0n) is 13.3. The Labute approximate surface area is 125 Å². The van der Waals surface area contributed by atoms with Crippen molar-refractivity contribution >= 4 is 5.91 Å². The Bertz CT molecular complexity index is 604. The summed E-state index contributed by atoms with van der Waals surface area (Å²) < 4.78 is 4.71. The number of carbonyl (C=O) groups is 1. The Hall–Kier alpha value is -1.65. The molecule has 0 spiro atoms. The lowest BCUT2D eigenvalue weighted by Gasteiger charge is -2.38. The highest BCUT2D eigenvalue weighted by molar-refractivity contribution is 5.87. The Balaban J connectivity index is 1.82. The lowest BCUT2D eigenvalue weighted by atomic mass is 9.68. The second-order valence-electron chi connectivity index (χ2n) is 7.18. The molecule has 1 aromatic rings. The van der Waals surface area contributed by atoms with Gasteiger partial charge in [0.15, 0.2) is 0 Å². The fourth-order valence-electron chi connectivity index (χ4n) is 4.18. The van der Waals surface area contributed by atoms with Crippen molar-refractivity contribution in [1.29, 1.82) is 0 Å². The summed E-state index contributed by atoms with van der Waals surface area (Å²) in [6, 6.07) is 0. The van der Waals surface area contributed by atoms with Gasteiger partial charge in [-0.1, -0.05) is 36.3 Å². The molecule has 0 unspecified atom stereocenters. The van der Waals surface area contributed by atoms with E-state index in [1.807, 2.05) is 14.0 Å². The van der Waals surface area contributed by atoms with Crippen LogP contribution in [0.25, 0.3) is 0 Å². The number of fused-ring (bicyclic) bond motifs is 2. The van der Waals surface area contributed by atoms with Crippen molar-refractivity contribution in [2.45, 2.75) is 46.6 Å². The van der Waals surface area contributed by atoms with Crippen LogP contribution in [0.3, 0.4) is 0 Å². The van der Waals surface area contributed by atoms with Crippen molar-refractivity contribution in [1.82, 2.24) is 15.2 Å². The highest BCUT2D eigenvalue weighted by Crippen LogP contribution is 2.65. The van der Waals surface area contributed by atoms with Gasteiger partial charge in [-0.3, -0.25) is 4.79 Å². The van der Waals surface area contributed by atoms with Crippen LogP contribution in [0.2, 0.25) is 0 Å². The van der Waals surface area contributed by atoms with Gasteiger partial charge in [-0.25, -0.2) is 4.63 Å². The Morgan fingerprint density at radius 1 is 1.48 bits per heavy atom. The molecule has 1 amide bonds. The molecule has 2 saturated carbocycles. The van der Waals surface area contributed by atoms with Crippen LogP contribution in [-0.2, 0) is 11.3 Å². The van der Waals surface area contributed by atoms with E-state index in [2.05, 4.69) is 30.7 Å². The highest BCUT2D eigenvalue weighted by atomic mass is 16.6. The first-order valence-electron chi connectivity index (χ1n) is 7.52. The number of nitrogens with zero attached hydrogens (tertiary/aromatic N) is 3. The quantitative estimate of drug-likeness (QED) is 0.803. The molecular formula is C16H23N3O2. The second kappa shape index (κ2) is 4.42. The SMILES string of the molecule is C=C1C(C)(C)[C@@H]2CC[C@@]1(C(=O)N(C)Cc1nonc1C)C2. The number of carbonyl (C=O) groups excluding carboxylic acids is 1. The van der Waals surface area contributed by atoms with Crippen molar-refractivity contribution in [3.63, 3.8) is 0 Å². The Morgan fingerprint density at radius 3 is 2.71 bits per heavy atom. The molecule has 0 N–H and O–H groups in total. The molecule has 5 heteroatoms. The summed E-state index contributed by atoms with van der Waals surface area (Å²) in [5.74, 6) is 0.751. The van der Waals surface area contributed by atoms with E-state index in [0.29, 0.717) is 12.5 Å². The van der Waals surface area contributed by atoms with Crippen molar-refractivity contribution in [3.8, 4) is 0 Å². The van der Waals surface area contributed by atoms with E-state index in [9.17, 15) is 4.79 Å². The van der Waals surface area contributed by atoms with Crippen molar-refractivity contribution in [2.24, 2.45) is 16.7 Å². The second-order valence-corrected chi connectivity index (χ2v) is 7.18. The fourth-order valence-corrected chi connectivity index (χ4v) is 4.18. The van der Waals surface area contributed by atoms with Gasteiger partial charge in [-0.15, -0.1) is 0 Å². The Kier molecular flexibility index (Phi) is 3.01. The Morgan fingerprint density at radius 2 is 2.19 bits per heavy atom. The molecule has 0 radical (unpaired) electrons. The monoisotopic (exact) mass is 289 g/mol. The minimum Gasteiger partial charge on any atom is -0.339 e. The van der Waals surface area contributed by atoms with E-state index < -0.39 is 0 Å². The van der Waals surface area contributed by atoms with Gasteiger partial charge in [-0.2, -0.15) is 0 Å². The molecule has 114 valence electrons. The predicted molar refractivity (Wildman–Crippen MR) is 78.2 cm³/mol. The molecule has 0 aliphatic heterocycles. The third-order valence-electron chi connectivity index (χ3n) is 5.78. The molecule has 2 aliphatic carbocycles. The molecule has 3 rings (SSSR count). The van der Waals surface area contributed by atoms with E-state index in [0.717, 1.165) is 36.2 Å². The topological polar surface area (TPSA) is 59.2 Å². The van der Waals surface area contributed by atoms with Gasteiger partial charge in [0, 0.05) is 7.05 Å². The minimum absolute atomic E-state index is 0.0696. The van der Waals surface area contributed by atoms with Crippen LogP contribution in [0.1, 0.15) is 44.5 Å².